The number of Topliss-reactive ketones (excluding diaryl/α,β-unsaturated/α-hetero) is 1. The molecule has 5 nitrogen and oxygen atoms in total. The van der Waals surface area contributed by atoms with Gasteiger partial charge >= 0.3 is 6.09 Å². The molecule has 0 radical (unpaired) electrons. The molecule has 5 heteroatoms. The predicted molar refractivity (Wildman–Crippen MR) is 75.9 cm³/mol. The molecule has 1 amide bonds. The first-order chi connectivity index (χ1) is 9.30. The van der Waals surface area contributed by atoms with Gasteiger partial charge in [0.25, 0.3) is 0 Å². The van der Waals surface area contributed by atoms with Crippen molar-refractivity contribution in [3.05, 3.63) is 29.8 Å². The number of amides is 1. The van der Waals surface area contributed by atoms with Crippen molar-refractivity contribution in [2.45, 2.75) is 32.8 Å². The highest BCUT2D eigenvalue weighted by atomic mass is 16.6. The normalized spacial score (nSPS) is 10.8. The number of nitrogens with one attached hydrogen (secondary N) is 1. The van der Waals surface area contributed by atoms with Crippen LogP contribution in [0.3, 0.4) is 0 Å². The SMILES string of the molecule is COc1ccc(CC(=O)CNC(=O)OC(C)(C)C)cc1. The lowest BCUT2D eigenvalue weighted by Gasteiger charge is -2.19. The van der Waals surface area contributed by atoms with E-state index in [9.17, 15) is 9.59 Å². The average Bonchev–Trinajstić information content (AvgIpc) is 2.35. The first-order valence-corrected chi connectivity index (χ1v) is 6.41. The van der Waals surface area contributed by atoms with Gasteiger partial charge in [0, 0.05) is 6.42 Å². The third kappa shape index (κ3) is 6.22. The lowest BCUT2D eigenvalue weighted by atomic mass is 10.1. The molecule has 110 valence electrons. The van der Waals surface area contributed by atoms with Crippen LogP contribution >= 0.6 is 0 Å². The highest BCUT2D eigenvalue weighted by Crippen LogP contribution is 2.11. The number of ether oxygens (including phenoxy) is 2. The van der Waals surface area contributed by atoms with Crippen molar-refractivity contribution < 1.29 is 19.1 Å². The summed E-state index contributed by atoms with van der Waals surface area (Å²) < 4.78 is 10.1. The maximum absolute atomic E-state index is 11.7. The fourth-order valence-corrected chi connectivity index (χ4v) is 1.52. The van der Waals surface area contributed by atoms with E-state index in [4.69, 9.17) is 9.47 Å². The smallest absolute Gasteiger partial charge is 0.408 e. The molecule has 20 heavy (non-hydrogen) atoms. The highest BCUT2D eigenvalue weighted by molar-refractivity contribution is 5.85. The van der Waals surface area contributed by atoms with Gasteiger partial charge in [-0.15, -0.1) is 0 Å². The molecule has 1 N–H and O–H groups in total. The zero-order valence-electron chi connectivity index (χ0n) is 12.4. The Morgan fingerprint density at radius 1 is 1.15 bits per heavy atom. The predicted octanol–water partition coefficient (Wildman–Crippen LogP) is 2.33. The van der Waals surface area contributed by atoms with Gasteiger partial charge in [-0.2, -0.15) is 0 Å². The van der Waals surface area contributed by atoms with Gasteiger partial charge in [-0.3, -0.25) is 4.79 Å². The molecule has 0 spiro atoms. The Morgan fingerprint density at radius 2 is 1.75 bits per heavy atom. The van der Waals surface area contributed by atoms with E-state index in [1.165, 1.54) is 0 Å². The van der Waals surface area contributed by atoms with E-state index >= 15 is 0 Å². The number of hydrogen-bond donors (Lipinski definition) is 1. The monoisotopic (exact) mass is 279 g/mol. The number of methoxy groups -OCH3 is 1. The minimum Gasteiger partial charge on any atom is -0.497 e. The second-order valence-corrected chi connectivity index (χ2v) is 5.42. The minimum absolute atomic E-state index is 0.0407. The quantitative estimate of drug-likeness (QED) is 0.898. The summed E-state index contributed by atoms with van der Waals surface area (Å²) in [7, 11) is 1.59. The molecule has 0 saturated heterocycles. The number of carbonyl (C=O) groups excluding carboxylic acids is 2. The molecule has 1 aromatic rings. The maximum Gasteiger partial charge on any atom is 0.408 e. The van der Waals surface area contributed by atoms with E-state index in [-0.39, 0.29) is 18.7 Å². The van der Waals surface area contributed by atoms with E-state index in [0.29, 0.717) is 0 Å². The number of alkyl carbamates (subject to hydrolysis) is 1. The van der Waals surface area contributed by atoms with Crippen LogP contribution in [-0.4, -0.2) is 31.1 Å². The van der Waals surface area contributed by atoms with Crippen LogP contribution in [0.2, 0.25) is 0 Å². The van der Waals surface area contributed by atoms with Gasteiger partial charge < -0.3 is 14.8 Å². The second kappa shape index (κ2) is 6.93. The fourth-order valence-electron chi connectivity index (χ4n) is 1.52. The van der Waals surface area contributed by atoms with Crippen LogP contribution in [0.15, 0.2) is 24.3 Å². The van der Waals surface area contributed by atoms with Gasteiger partial charge in [0.1, 0.15) is 11.4 Å². The molecule has 0 atom stereocenters. The molecule has 0 fully saturated rings. The summed E-state index contributed by atoms with van der Waals surface area (Å²) in [5.74, 6) is 0.661. The number of rotatable bonds is 5. The Morgan fingerprint density at radius 3 is 2.25 bits per heavy atom. The van der Waals surface area contributed by atoms with Crippen LogP contribution in [0.1, 0.15) is 26.3 Å². The van der Waals surface area contributed by atoms with Gasteiger partial charge in [-0.05, 0) is 38.5 Å². The van der Waals surface area contributed by atoms with Crippen molar-refractivity contribution in [2.24, 2.45) is 0 Å². The van der Waals surface area contributed by atoms with Gasteiger partial charge in [-0.25, -0.2) is 4.79 Å². The third-order valence-electron chi connectivity index (χ3n) is 2.39. The van der Waals surface area contributed by atoms with E-state index in [1.807, 2.05) is 12.1 Å². The minimum atomic E-state index is -0.583. The molecule has 0 bridgehead atoms. The van der Waals surface area contributed by atoms with Crippen molar-refractivity contribution in [1.29, 1.82) is 0 Å². The van der Waals surface area contributed by atoms with Crippen LogP contribution in [0, 0.1) is 0 Å². The van der Waals surface area contributed by atoms with Crippen LogP contribution in [0.4, 0.5) is 4.79 Å². The van der Waals surface area contributed by atoms with Gasteiger partial charge in [0.05, 0.1) is 13.7 Å². The van der Waals surface area contributed by atoms with Gasteiger partial charge in [0.15, 0.2) is 5.78 Å². The van der Waals surface area contributed by atoms with Crippen molar-refractivity contribution in [1.82, 2.24) is 5.32 Å². The van der Waals surface area contributed by atoms with Crippen molar-refractivity contribution in [3.8, 4) is 5.75 Å². The molecule has 0 aliphatic heterocycles. The van der Waals surface area contributed by atoms with Crippen LogP contribution in [0.5, 0.6) is 5.75 Å². The molecule has 0 heterocycles. The average molecular weight is 279 g/mol. The number of hydrogen-bond acceptors (Lipinski definition) is 4. The largest absolute Gasteiger partial charge is 0.497 e. The first kappa shape index (κ1) is 16.0. The Bertz CT molecular complexity index is 460. The topological polar surface area (TPSA) is 64.6 Å². The second-order valence-electron chi connectivity index (χ2n) is 5.42. The molecule has 0 aliphatic rings. The van der Waals surface area contributed by atoms with E-state index in [2.05, 4.69) is 5.32 Å². The van der Waals surface area contributed by atoms with Crippen LogP contribution in [-0.2, 0) is 16.0 Å². The summed E-state index contributed by atoms with van der Waals surface area (Å²) >= 11 is 0. The summed E-state index contributed by atoms with van der Waals surface area (Å²) in [6.07, 6.45) is -0.319. The zero-order valence-corrected chi connectivity index (χ0v) is 12.4. The van der Waals surface area contributed by atoms with Crippen molar-refractivity contribution >= 4 is 11.9 Å². The number of carbonyl (C=O) groups is 2. The molecule has 0 saturated carbocycles. The Hall–Kier alpha value is -2.04. The summed E-state index contributed by atoms with van der Waals surface area (Å²) in [6.45, 7) is 5.27. The molecule has 0 unspecified atom stereocenters. The first-order valence-electron chi connectivity index (χ1n) is 6.41. The molecular formula is C15H21NO4. The lowest BCUT2D eigenvalue weighted by Crippen LogP contribution is -2.35. The Balaban J connectivity index is 2.38. The third-order valence-corrected chi connectivity index (χ3v) is 2.39. The summed E-state index contributed by atoms with van der Waals surface area (Å²) in [5, 5.41) is 2.45. The summed E-state index contributed by atoms with van der Waals surface area (Å²) in [4.78, 5) is 23.1. The van der Waals surface area contributed by atoms with Gasteiger partial charge in [0.2, 0.25) is 0 Å². The maximum atomic E-state index is 11.7. The molecule has 0 aliphatic carbocycles. The zero-order chi connectivity index (χ0) is 15.2. The molecule has 1 aromatic carbocycles. The van der Waals surface area contributed by atoms with Crippen LogP contribution in [0.25, 0.3) is 0 Å². The standard InChI is InChI=1S/C15H21NO4/c1-15(2,3)20-14(18)16-10-12(17)9-11-5-7-13(19-4)8-6-11/h5-8H,9-10H2,1-4H3,(H,16,18). The highest BCUT2D eigenvalue weighted by Gasteiger charge is 2.16. The molecule has 0 aromatic heterocycles. The lowest BCUT2D eigenvalue weighted by molar-refractivity contribution is -0.117. The Kier molecular flexibility index (Phi) is 5.55. The Labute approximate surface area is 119 Å². The summed E-state index contributed by atoms with van der Waals surface area (Å²) in [5.41, 5.74) is 0.310. The van der Waals surface area contributed by atoms with E-state index < -0.39 is 11.7 Å². The van der Waals surface area contributed by atoms with Crippen LogP contribution < -0.4 is 10.1 Å². The fraction of sp³-hybridized carbons (Fsp3) is 0.467. The molecule has 1 rings (SSSR count). The van der Waals surface area contributed by atoms with Crippen molar-refractivity contribution in [2.75, 3.05) is 13.7 Å². The summed E-state index contributed by atoms with van der Waals surface area (Å²) in [6, 6.07) is 7.24. The van der Waals surface area contributed by atoms with E-state index in [0.717, 1.165) is 11.3 Å². The van der Waals surface area contributed by atoms with Crippen molar-refractivity contribution in [3.63, 3.8) is 0 Å². The molecular weight excluding hydrogens is 258 g/mol. The number of ketones is 1. The number of benzene rings is 1. The van der Waals surface area contributed by atoms with Gasteiger partial charge in [-0.1, -0.05) is 12.1 Å². The van der Waals surface area contributed by atoms with E-state index in [1.54, 1.807) is 40.0 Å².